The second kappa shape index (κ2) is 8.02. The van der Waals surface area contributed by atoms with Crippen LogP contribution in [0.2, 0.25) is 0 Å². The van der Waals surface area contributed by atoms with Gasteiger partial charge in [-0.05, 0) is 34.0 Å². The number of amides is 1. The predicted octanol–water partition coefficient (Wildman–Crippen LogP) is 2.60. The fraction of sp³-hybridized carbons (Fsp3) is 0.318. The largest absolute Gasteiger partial charge is 0.491 e. The summed E-state index contributed by atoms with van der Waals surface area (Å²) in [5.74, 6) is 4.90. The minimum Gasteiger partial charge on any atom is -0.491 e. The topological polar surface area (TPSA) is 115 Å². The second-order valence-corrected chi connectivity index (χ2v) is 8.89. The van der Waals surface area contributed by atoms with Crippen molar-refractivity contribution in [3.8, 4) is 28.8 Å². The summed E-state index contributed by atoms with van der Waals surface area (Å²) in [6.45, 7) is 3.39. The number of thiazole rings is 1. The molecule has 32 heavy (non-hydrogen) atoms. The summed E-state index contributed by atoms with van der Waals surface area (Å²) < 4.78 is 25.7. The maximum absolute atomic E-state index is 14.9. The van der Waals surface area contributed by atoms with Gasteiger partial charge in [0.25, 0.3) is 5.91 Å². The molecule has 0 saturated carbocycles. The number of likely N-dealkylation sites (N-methyl/N-ethyl adjacent to an activating group) is 1. The Balaban J connectivity index is 1.82. The molecule has 0 aliphatic carbocycles. The molecule has 0 radical (unpaired) electrons. The third-order valence-electron chi connectivity index (χ3n) is 5.08. The summed E-state index contributed by atoms with van der Waals surface area (Å²) in [4.78, 5) is 18.9. The number of hydrogen-bond donors (Lipinski definition) is 2. The summed E-state index contributed by atoms with van der Waals surface area (Å²) in [5.41, 5.74) is 5.06. The van der Waals surface area contributed by atoms with Gasteiger partial charge in [0.2, 0.25) is 0 Å². The van der Waals surface area contributed by atoms with Crippen LogP contribution in [0, 0.1) is 24.6 Å². The molecule has 2 atom stereocenters. The maximum Gasteiger partial charge on any atom is 0.277 e. The van der Waals surface area contributed by atoms with E-state index in [0.717, 1.165) is 4.88 Å². The molecule has 1 aromatic carbocycles. The first-order valence-electron chi connectivity index (χ1n) is 9.70. The Morgan fingerprint density at radius 3 is 2.78 bits per heavy atom. The van der Waals surface area contributed by atoms with E-state index in [9.17, 15) is 14.3 Å². The third kappa shape index (κ3) is 3.98. The van der Waals surface area contributed by atoms with Crippen molar-refractivity contribution in [1.82, 2.24) is 15.0 Å². The number of ether oxygens (including phenoxy) is 1. The van der Waals surface area contributed by atoms with Crippen molar-refractivity contribution in [2.45, 2.75) is 25.5 Å². The highest BCUT2D eigenvalue weighted by Gasteiger charge is 2.31. The summed E-state index contributed by atoms with van der Waals surface area (Å²) in [6, 6.07) is 4.10. The zero-order valence-electron chi connectivity index (χ0n) is 17.9. The van der Waals surface area contributed by atoms with E-state index >= 15 is 0 Å². The van der Waals surface area contributed by atoms with Gasteiger partial charge >= 0.3 is 0 Å². The Morgan fingerprint density at radius 1 is 1.41 bits per heavy atom. The quantitative estimate of drug-likeness (QED) is 0.582. The molecule has 166 valence electrons. The minimum absolute atomic E-state index is 0.0377. The van der Waals surface area contributed by atoms with Crippen molar-refractivity contribution in [3.63, 3.8) is 0 Å². The van der Waals surface area contributed by atoms with Crippen LogP contribution in [0.5, 0.6) is 5.75 Å². The van der Waals surface area contributed by atoms with Crippen LogP contribution in [0.1, 0.15) is 44.7 Å². The van der Waals surface area contributed by atoms with Crippen LogP contribution in [-0.4, -0.2) is 46.8 Å². The highest BCUT2D eigenvalue weighted by atomic mass is 32.1. The molecule has 10 heteroatoms. The predicted molar refractivity (Wildman–Crippen MR) is 116 cm³/mol. The summed E-state index contributed by atoms with van der Waals surface area (Å²) in [5, 5.41) is 14.6. The summed E-state index contributed by atoms with van der Waals surface area (Å²) in [6.07, 6.45) is 0. The number of aromatic nitrogens is 2. The van der Waals surface area contributed by atoms with E-state index in [2.05, 4.69) is 22.0 Å². The molecule has 1 amide bonds. The number of hydrogen-bond acceptors (Lipinski definition) is 8. The molecule has 8 nitrogen and oxygen atoms in total. The molecular weight excluding hydrogens is 435 g/mol. The number of carbonyl (C=O) groups excluding carboxylic acids is 1. The van der Waals surface area contributed by atoms with E-state index in [1.807, 2.05) is 19.0 Å². The Kier molecular flexibility index (Phi) is 5.50. The van der Waals surface area contributed by atoms with Crippen LogP contribution in [0.15, 0.2) is 22.7 Å². The van der Waals surface area contributed by atoms with E-state index < -0.39 is 17.3 Å². The fourth-order valence-electron chi connectivity index (χ4n) is 3.29. The number of primary amides is 1. The number of aryl methyl sites for hydroxylation is 1. The van der Waals surface area contributed by atoms with Crippen molar-refractivity contribution in [1.29, 1.82) is 0 Å². The van der Waals surface area contributed by atoms with Gasteiger partial charge < -0.3 is 20.1 Å². The van der Waals surface area contributed by atoms with Crippen molar-refractivity contribution in [2.75, 3.05) is 20.7 Å². The van der Waals surface area contributed by atoms with Gasteiger partial charge in [0.1, 0.15) is 29.6 Å². The van der Waals surface area contributed by atoms with Gasteiger partial charge in [-0.2, -0.15) is 0 Å². The molecule has 3 N–H and O–H groups in total. The lowest BCUT2D eigenvalue weighted by Gasteiger charge is -2.21. The zero-order valence-corrected chi connectivity index (χ0v) is 18.7. The van der Waals surface area contributed by atoms with Crippen LogP contribution >= 0.6 is 11.3 Å². The number of nitrogens with zero attached hydrogens (tertiary/aromatic N) is 3. The first-order valence-corrected chi connectivity index (χ1v) is 10.5. The van der Waals surface area contributed by atoms with Crippen LogP contribution in [0.4, 0.5) is 4.39 Å². The van der Waals surface area contributed by atoms with Crippen LogP contribution < -0.4 is 10.5 Å². The molecule has 1 unspecified atom stereocenters. The molecular formula is C22H21FN4O4S. The molecule has 4 rings (SSSR count). The van der Waals surface area contributed by atoms with Crippen LogP contribution in [-0.2, 0) is 5.60 Å². The summed E-state index contributed by atoms with van der Waals surface area (Å²) >= 11 is 1.19. The maximum atomic E-state index is 14.9. The van der Waals surface area contributed by atoms with E-state index in [0.29, 0.717) is 22.8 Å². The van der Waals surface area contributed by atoms with Gasteiger partial charge in [0.15, 0.2) is 10.6 Å². The van der Waals surface area contributed by atoms with E-state index in [1.165, 1.54) is 30.4 Å². The van der Waals surface area contributed by atoms with Crippen LogP contribution in [0.3, 0.4) is 0 Å². The van der Waals surface area contributed by atoms with Crippen molar-refractivity contribution in [3.05, 3.63) is 50.9 Å². The molecule has 0 spiro atoms. The lowest BCUT2D eigenvalue weighted by molar-refractivity contribution is 0.0999. The van der Waals surface area contributed by atoms with Gasteiger partial charge in [-0.15, -0.1) is 11.3 Å². The molecule has 1 aliphatic heterocycles. The van der Waals surface area contributed by atoms with Gasteiger partial charge in [0, 0.05) is 17.7 Å². The zero-order chi connectivity index (χ0) is 23.2. The van der Waals surface area contributed by atoms with E-state index in [4.69, 9.17) is 15.0 Å². The highest BCUT2D eigenvalue weighted by Crippen LogP contribution is 2.43. The average Bonchev–Trinajstić information content (AvgIpc) is 3.32. The molecule has 3 heterocycles. The van der Waals surface area contributed by atoms with Gasteiger partial charge in [-0.25, -0.2) is 9.37 Å². The lowest BCUT2D eigenvalue weighted by atomic mass is 10.0. The highest BCUT2D eigenvalue weighted by molar-refractivity contribution is 7.14. The van der Waals surface area contributed by atoms with Gasteiger partial charge in [-0.1, -0.05) is 17.0 Å². The number of carbonyl (C=O) groups is 1. The number of fused-ring (bicyclic) bond motifs is 3. The monoisotopic (exact) mass is 456 g/mol. The normalized spacial score (nSPS) is 16.8. The smallest absolute Gasteiger partial charge is 0.277 e. The van der Waals surface area contributed by atoms with Gasteiger partial charge in [-0.3, -0.25) is 9.69 Å². The Morgan fingerprint density at radius 2 is 2.16 bits per heavy atom. The van der Waals surface area contributed by atoms with Crippen molar-refractivity contribution >= 4 is 17.2 Å². The van der Waals surface area contributed by atoms with E-state index in [1.54, 1.807) is 13.0 Å². The third-order valence-corrected chi connectivity index (χ3v) is 6.25. The summed E-state index contributed by atoms with van der Waals surface area (Å²) in [7, 11) is 3.76. The number of nitrogens with two attached hydrogens (primary N) is 1. The standard InChI is InChI=1S/C22H21FN4O4S/c1-11-7-17(26-31-11)22(2,29)6-5-12-8-13-16(9-14(12)23)30-10-15(27(3)4)19-18(13)25-21(32-19)20(24)28/h7-9,15,29H,10H2,1-4H3,(H2,24,28)/t15?,22-/m1/s1. The first kappa shape index (κ1) is 22.0. The van der Waals surface area contributed by atoms with Crippen LogP contribution in [0.25, 0.3) is 11.3 Å². The average molecular weight is 456 g/mol. The SMILES string of the molecule is Cc1cc([C@](C)(O)C#Cc2cc3c(cc2F)OCC(N(C)C)c2sc(C(N)=O)nc2-3)no1. The molecule has 0 saturated heterocycles. The van der Waals surface area contributed by atoms with Crippen molar-refractivity contribution < 1.29 is 23.6 Å². The molecule has 2 aromatic heterocycles. The van der Waals surface area contributed by atoms with Gasteiger partial charge in [0.05, 0.1) is 22.2 Å². The number of benzene rings is 1. The lowest BCUT2D eigenvalue weighted by Crippen LogP contribution is -2.24. The number of rotatable bonds is 3. The molecule has 1 aliphatic rings. The van der Waals surface area contributed by atoms with E-state index in [-0.39, 0.29) is 28.9 Å². The molecule has 0 fully saturated rings. The number of halogens is 1. The molecule has 0 bridgehead atoms. The fourth-order valence-corrected chi connectivity index (χ4v) is 4.40. The van der Waals surface area contributed by atoms with Crippen molar-refractivity contribution in [2.24, 2.45) is 5.73 Å². The Hall–Kier alpha value is -3.26. The Labute approximate surface area is 187 Å². The first-order chi connectivity index (χ1) is 15.1. The molecule has 3 aromatic rings. The Bertz CT molecular complexity index is 1270. The minimum atomic E-state index is -1.64. The second-order valence-electron chi connectivity index (χ2n) is 7.86. The number of aliphatic hydroxyl groups is 1.